The molecule has 0 radical (unpaired) electrons. The number of aromatic nitrogens is 2. The first kappa shape index (κ1) is 17.6. The number of rotatable bonds is 5. The third kappa shape index (κ3) is 3.38. The van der Waals surface area contributed by atoms with Gasteiger partial charge in [-0.05, 0) is 12.1 Å². The van der Waals surface area contributed by atoms with Crippen molar-refractivity contribution in [2.75, 3.05) is 0 Å². The van der Waals surface area contributed by atoms with Crippen molar-refractivity contribution in [1.82, 2.24) is 14.8 Å². The van der Waals surface area contributed by atoms with Crippen molar-refractivity contribution in [2.24, 2.45) is 5.10 Å². The van der Waals surface area contributed by atoms with Gasteiger partial charge in [-0.25, -0.2) is 10.4 Å². The predicted molar refractivity (Wildman–Crippen MR) is 107 cm³/mol. The van der Waals surface area contributed by atoms with E-state index >= 15 is 0 Å². The summed E-state index contributed by atoms with van der Waals surface area (Å²) in [4.78, 5) is 27.8. The highest BCUT2D eigenvalue weighted by atomic mass is 32.1. The average molecular weight is 391 g/mol. The molecule has 0 spiro atoms. The van der Waals surface area contributed by atoms with Gasteiger partial charge < -0.3 is 0 Å². The molecular formula is C19H13N5O3S. The van der Waals surface area contributed by atoms with Crippen molar-refractivity contribution in [3.63, 3.8) is 0 Å². The van der Waals surface area contributed by atoms with Crippen LogP contribution in [0.1, 0.15) is 16.1 Å². The van der Waals surface area contributed by atoms with Crippen LogP contribution in [0.3, 0.4) is 0 Å². The van der Waals surface area contributed by atoms with Gasteiger partial charge >= 0.3 is 0 Å². The molecule has 8 nitrogen and oxygen atoms in total. The van der Waals surface area contributed by atoms with Crippen molar-refractivity contribution >= 4 is 34.1 Å². The van der Waals surface area contributed by atoms with Crippen molar-refractivity contribution in [3.05, 3.63) is 87.5 Å². The molecule has 0 fully saturated rings. The van der Waals surface area contributed by atoms with Gasteiger partial charge in [-0.15, -0.1) is 11.3 Å². The fourth-order valence-corrected chi connectivity index (χ4v) is 3.41. The number of hydrogen-bond acceptors (Lipinski definition) is 6. The van der Waals surface area contributed by atoms with Crippen LogP contribution in [-0.2, 0) is 0 Å². The van der Waals surface area contributed by atoms with E-state index in [9.17, 15) is 14.9 Å². The Bertz CT molecular complexity index is 1180. The lowest BCUT2D eigenvalue weighted by Gasteiger charge is -2.01. The van der Waals surface area contributed by atoms with E-state index in [4.69, 9.17) is 0 Å². The molecule has 0 aliphatic carbocycles. The molecule has 0 saturated carbocycles. The SMILES string of the molecule is O=C(N/N=C/c1c(-c2ccccc2)nc2sccn12)c1ccc([N+](=O)[O-])cc1. The highest BCUT2D eigenvalue weighted by Crippen LogP contribution is 2.25. The first-order valence-corrected chi connectivity index (χ1v) is 9.10. The summed E-state index contributed by atoms with van der Waals surface area (Å²) < 4.78 is 1.90. The minimum atomic E-state index is -0.517. The van der Waals surface area contributed by atoms with Crippen LogP contribution in [0.4, 0.5) is 5.69 Å². The monoisotopic (exact) mass is 391 g/mol. The summed E-state index contributed by atoms with van der Waals surface area (Å²) in [6.07, 6.45) is 3.43. The average Bonchev–Trinajstić information content (AvgIpc) is 3.31. The molecule has 2 aromatic heterocycles. The van der Waals surface area contributed by atoms with Crippen LogP contribution < -0.4 is 5.43 Å². The summed E-state index contributed by atoms with van der Waals surface area (Å²) in [5.74, 6) is -0.460. The summed E-state index contributed by atoms with van der Waals surface area (Å²) in [6.45, 7) is 0. The number of benzene rings is 2. The Balaban J connectivity index is 1.58. The minimum Gasteiger partial charge on any atom is -0.289 e. The zero-order valence-electron chi connectivity index (χ0n) is 14.4. The third-order valence-electron chi connectivity index (χ3n) is 4.04. The maximum atomic E-state index is 12.2. The quantitative estimate of drug-likeness (QED) is 0.318. The first-order valence-electron chi connectivity index (χ1n) is 8.22. The highest BCUT2D eigenvalue weighted by Gasteiger charge is 2.13. The Kier molecular flexibility index (Phi) is 4.65. The van der Waals surface area contributed by atoms with Gasteiger partial charge in [-0.1, -0.05) is 30.3 Å². The Morgan fingerprint density at radius 2 is 1.93 bits per heavy atom. The molecule has 0 aliphatic heterocycles. The Hall–Kier alpha value is -3.85. The molecule has 0 aliphatic rings. The summed E-state index contributed by atoms with van der Waals surface area (Å²) >= 11 is 1.51. The first-order chi connectivity index (χ1) is 13.6. The van der Waals surface area contributed by atoms with Crippen molar-refractivity contribution in [3.8, 4) is 11.3 Å². The zero-order chi connectivity index (χ0) is 19.5. The molecular weight excluding hydrogens is 378 g/mol. The fourth-order valence-electron chi connectivity index (χ4n) is 2.69. The van der Waals surface area contributed by atoms with Gasteiger partial charge in [0.05, 0.1) is 22.5 Å². The van der Waals surface area contributed by atoms with Gasteiger partial charge in [0.1, 0.15) is 0 Å². The van der Waals surface area contributed by atoms with Crippen LogP contribution in [-0.4, -0.2) is 26.4 Å². The molecule has 0 bridgehead atoms. The van der Waals surface area contributed by atoms with Crippen LogP contribution >= 0.6 is 11.3 Å². The topological polar surface area (TPSA) is 102 Å². The summed E-state index contributed by atoms with van der Waals surface area (Å²) in [5, 5.41) is 16.7. The molecule has 0 atom stereocenters. The van der Waals surface area contributed by atoms with Gasteiger partial charge in [0.2, 0.25) is 0 Å². The van der Waals surface area contributed by atoms with E-state index in [0.717, 1.165) is 21.9 Å². The Labute approximate surface area is 162 Å². The number of amides is 1. The van der Waals surface area contributed by atoms with Gasteiger partial charge in [0.25, 0.3) is 11.6 Å². The molecule has 1 amide bonds. The molecule has 138 valence electrons. The standard InChI is InChI=1S/C19H13N5O3S/c25-18(14-6-8-15(9-7-14)24(26)27)22-20-12-16-17(13-4-2-1-3-5-13)21-19-23(16)10-11-28-19/h1-12H,(H,22,25)/b20-12+. The lowest BCUT2D eigenvalue weighted by atomic mass is 10.1. The second-order valence-electron chi connectivity index (χ2n) is 5.77. The number of nitrogens with zero attached hydrogens (tertiary/aromatic N) is 4. The van der Waals surface area contributed by atoms with Gasteiger partial charge in [-0.3, -0.25) is 19.3 Å². The molecule has 2 aromatic carbocycles. The normalized spacial score (nSPS) is 11.1. The molecule has 0 saturated heterocycles. The van der Waals surface area contributed by atoms with Crippen molar-refractivity contribution < 1.29 is 9.72 Å². The Morgan fingerprint density at radius 1 is 1.18 bits per heavy atom. The van der Waals surface area contributed by atoms with E-state index in [1.165, 1.54) is 35.6 Å². The number of imidazole rings is 1. The second-order valence-corrected chi connectivity index (χ2v) is 6.64. The number of carbonyl (C=O) groups is 1. The van der Waals surface area contributed by atoms with E-state index < -0.39 is 10.8 Å². The van der Waals surface area contributed by atoms with Crippen LogP contribution in [0.25, 0.3) is 16.2 Å². The zero-order valence-corrected chi connectivity index (χ0v) is 15.2. The number of thiazole rings is 1. The van der Waals surface area contributed by atoms with E-state index in [-0.39, 0.29) is 11.3 Å². The number of hydrazone groups is 1. The third-order valence-corrected chi connectivity index (χ3v) is 4.80. The van der Waals surface area contributed by atoms with E-state index in [1.54, 1.807) is 6.21 Å². The number of hydrogen-bond donors (Lipinski definition) is 1. The molecule has 0 unspecified atom stereocenters. The van der Waals surface area contributed by atoms with Crippen LogP contribution in [0.2, 0.25) is 0 Å². The molecule has 1 N–H and O–H groups in total. The molecule has 9 heteroatoms. The van der Waals surface area contributed by atoms with Gasteiger partial charge in [0.15, 0.2) is 4.96 Å². The van der Waals surface area contributed by atoms with Crippen LogP contribution in [0.15, 0.2) is 71.3 Å². The number of non-ortho nitro benzene ring substituents is 1. The van der Waals surface area contributed by atoms with Gasteiger partial charge in [0, 0.05) is 34.8 Å². The largest absolute Gasteiger partial charge is 0.289 e. The van der Waals surface area contributed by atoms with E-state index in [0.29, 0.717) is 0 Å². The molecule has 4 rings (SSSR count). The second kappa shape index (κ2) is 7.41. The number of carbonyl (C=O) groups excluding carboxylic acids is 1. The smallest absolute Gasteiger partial charge is 0.271 e. The minimum absolute atomic E-state index is 0.0772. The van der Waals surface area contributed by atoms with Gasteiger partial charge in [-0.2, -0.15) is 5.10 Å². The number of nitro benzene ring substituents is 1. The van der Waals surface area contributed by atoms with Crippen LogP contribution in [0, 0.1) is 10.1 Å². The maximum Gasteiger partial charge on any atom is 0.271 e. The highest BCUT2D eigenvalue weighted by molar-refractivity contribution is 7.15. The van der Waals surface area contributed by atoms with Crippen molar-refractivity contribution in [2.45, 2.75) is 0 Å². The maximum absolute atomic E-state index is 12.2. The fraction of sp³-hybridized carbons (Fsp3) is 0. The Morgan fingerprint density at radius 3 is 2.64 bits per heavy atom. The lowest BCUT2D eigenvalue weighted by molar-refractivity contribution is -0.384. The number of nitro groups is 1. The molecule has 4 aromatic rings. The summed E-state index contributed by atoms with van der Waals surface area (Å²) in [6, 6.07) is 15.0. The lowest BCUT2D eigenvalue weighted by Crippen LogP contribution is -2.17. The molecule has 28 heavy (non-hydrogen) atoms. The van der Waals surface area contributed by atoms with E-state index in [1.807, 2.05) is 46.3 Å². The summed E-state index contributed by atoms with van der Waals surface area (Å²) in [5.41, 5.74) is 5.10. The van der Waals surface area contributed by atoms with E-state index in [2.05, 4.69) is 15.5 Å². The number of nitrogens with one attached hydrogen (secondary N) is 1. The van der Waals surface area contributed by atoms with Crippen LogP contribution in [0.5, 0.6) is 0 Å². The van der Waals surface area contributed by atoms with Crippen molar-refractivity contribution in [1.29, 1.82) is 0 Å². The predicted octanol–water partition coefficient (Wildman–Crippen LogP) is 3.73. The molecule has 2 heterocycles. The summed E-state index contributed by atoms with van der Waals surface area (Å²) in [7, 11) is 0. The number of fused-ring (bicyclic) bond motifs is 1.